The summed E-state index contributed by atoms with van der Waals surface area (Å²) >= 11 is 0. The number of para-hydroxylation sites is 3. The van der Waals surface area contributed by atoms with Crippen molar-refractivity contribution in [2.24, 2.45) is 0 Å². The highest BCUT2D eigenvalue weighted by atomic mass is 16.3. The van der Waals surface area contributed by atoms with Crippen LogP contribution >= 0.6 is 0 Å². The highest BCUT2D eigenvalue weighted by Gasteiger charge is 2.50. The Kier molecular flexibility index (Phi) is 7.30. The second kappa shape index (κ2) is 12.2. The fourth-order valence-corrected chi connectivity index (χ4v) is 10.5. The molecule has 0 spiro atoms. The maximum absolute atomic E-state index is 7.11. The second-order valence-electron chi connectivity index (χ2n) is 17.8. The van der Waals surface area contributed by atoms with E-state index in [2.05, 4.69) is 221 Å². The van der Waals surface area contributed by atoms with Crippen LogP contribution in [0.3, 0.4) is 0 Å². The zero-order valence-corrected chi connectivity index (χ0v) is 34.0. The van der Waals surface area contributed by atoms with Gasteiger partial charge in [-0.1, -0.05) is 126 Å². The molecule has 0 bridgehead atoms. The molecule has 3 aliphatic carbocycles. The Bertz CT molecular complexity index is 2880. The van der Waals surface area contributed by atoms with Gasteiger partial charge in [0.25, 0.3) is 0 Å². The van der Waals surface area contributed by atoms with Gasteiger partial charge < -0.3 is 14.2 Å². The Morgan fingerprint density at radius 3 is 1.10 bits per heavy atom. The van der Waals surface area contributed by atoms with E-state index in [9.17, 15) is 0 Å². The van der Waals surface area contributed by atoms with E-state index in [1.165, 1.54) is 55.6 Å². The molecule has 0 aliphatic heterocycles. The van der Waals surface area contributed by atoms with E-state index in [1.807, 2.05) is 0 Å². The highest BCUT2D eigenvalue weighted by molar-refractivity contribution is 5.92. The van der Waals surface area contributed by atoms with Crippen LogP contribution in [0.15, 0.2) is 174 Å². The van der Waals surface area contributed by atoms with Crippen LogP contribution < -0.4 is 9.80 Å². The van der Waals surface area contributed by atoms with Crippen LogP contribution in [-0.4, -0.2) is 0 Å². The summed E-state index contributed by atoms with van der Waals surface area (Å²) in [6.45, 7) is 14.2. The summed E-state index contributed by atoms with van der Waals surface area (Å²) in [6, 6.07) is 61.9. The minimum Gasteiger partial charge on any atom is -0.455 e. The summed E-state index contributed by atoms with van der Waals surface area (Å²) in [7, 11) is 0. The van der Waals surface area contributed by atoms with E-state index < -0.39 is 0 Å². The van der Waals surface area contributed by atoms with Gasteiger partial charge in [-0.25, -0.2) is 0 Å². The van der Waals surface area contributed by atoms with E-state index in [1.54, 1.807) is 0 Å². The first-order valence-corrected chi connectivity index (χ1v) is 20.5. The van der Waals surface area contributed by atoms with Crippen molar-refractivity contribution in [3.05, 3.63) is 203 Å². The smallest absolute Gasteiger partial charge is 0.139 e. The molecule has 58 heavy (non-hydrogen) atoms. The quantitative estimate of drug-likeness (QED) is 0.169. The molecule has 0 fully saturated rings. The molecule has 0 saturated heterocycles. The molecule has 0 amide bonds. The van der Waals surface area contributed by atoms with Gasteiger partial charge in [-0.3, -0.25) is 0 Å². The normalized spacial score (nSPS) is 15.5. The van der Waals surface area contributed by atoms with Gasteiger partial charge in [-0.2, -0.15) is 0 Å². The van der Waals surface area contributed by atoms with Crippen LogP contribution in [0.4, 0.5) is 34.1 Å². The molecule has 1 aromatic heterocycles. The largest absolute Gasteiger partial charge is 0.455 e. The fourth-order valence-electron chi connectivity index (χ4n) is 10.5. The maximum Gasteiger partial charge on any atom is 0.139 e. The molecule has 3 nitrogen and oxygen atoms in total. The molecule has 0 atom stereocenters. The molecule has 0 N–H and O–H groups in total. The molecule has 8 aromatic rings. The van der Waals surface area contributed by atoms with E-state index >= 15 is 0 Å². The van der Waals surface area contributed by atoms with Crippen molar-refractivity contribution < 1.29 is 4.42 Å². The molecule has 3 heteroatoms. The lowest BCUT2D eigenvalue weighted by molar-refractivity contribution is 0.592. The first-order chi connectivity index (χ1) is 28.0. The predicted octanol–water partition coefficient (Wildman–Crippen LogP) is 15.1. The van der Waals surface area contributed by atoms with Crippen LogP contribution in [0, 0.1) is 0 Å². The maximum atomic E-state index is 7.11. The Balaban J connectivity index is 1.01. The van der Waals surface area contributed by atoms with Crippen molar-refractivity contribution in [3.63, 3.8) is 0 Å². The van der Waals surface area contributed by atoms with Crippen LogP contribution in [0.1, 0.15) is 74.9 Å². The lowest BCUT2D eigenvalue weighted by Crippen LogP contribution is -2.23. The molecule has 0 saturated carbocycles. The SMILES string of the molecule is CC1(C)c2ccccc2-c2ccc(N(c3ccccc3)c3ccc4c(c3)C(C)(C)c3c-4oc4c3C(C)(C)c3cc(N(c5ccccc5)c5ccccc5)ccc3-4)cc21. The van der Waals surface area contributed by atoms with Crippen molar-refractivity contribution in [3.8, 4) is 33.8 Å². The van der Waals surface area contributed by atoms with Crippen molar-refractivity contribution in [2.45, 2.75) is 57.8 Å². The van der Waals surface area contributed by atoms with Crippen molar-refractivity contribution in [2.75, 3.05) is 9.80 Å². The lowest BCUT2D eigenvalue weighted by atomic mass is 9.74. The molecule has 1 heterocycles. The molecule has 0 radical (unpaired) electrons. The zero-order valence-electron chi connectivity index (χ0n) is 34.0. The van der Waals surface area contributed by atoms with Crippen LogP contribution in [-0.2, 0) is 16.2 Å². The third-order valence-electron chi connectivity index (χ3n) is 13.4. The topological polar surface area (TPSA) is 19.6 Å². The van der Waals surface area contributed by atoms with Gasteiger partial charge in [0.15, 0.2) is 0 Å². The number of furan rings is 1. The number of rotatable bonds is 6. The molecular formula is C55H46N2O. The first kappa shape index (κ1) is 34.7. The summed E-state index contributed by atoms with van der Waals surface area (Å²) in [6.07, 6.45) is 0. The predicted molar refractivity (Wildman–Crippen MR) is 241 cm³/mol. The average molecular weight is 751 g/mol. The summed E-state index contributed by atoms with van der Waals surface area (Å²) in [5, 5.41) is 0. The summed E-state index contributed by atoms with van der Waals surface area (Å²) in [4.78, 5) is 4.77. The average Bonchev–Trinajstić information content (AvgIpc) is 3.89. The molecule has 0 unspecified atom stereocenters. The van der Waals surface area contributed by atoms with Gasteiger partial charge in [0, 0.05) is 72.6 Å². The first-order valence-electron chi connectivity index (χ1n) is 20.5. The van der Waals surface area contributed by atoms with Gasteiger partial charge in [-0.15, -0.1) is 0 Å². The number of hydrogen-bond acceptors (Lipinski definition) is 3. The van der Waals surface area contributed by atoms with Gasteiger partial charge in [0.05, 0.1) is 0 Å². The molecule has 282 valence electrons. The van der Waals surface area contributed by atoms with E-state index in [0.29, 0.717) is 0 Å². The van der Waals surface area contributed by atoms with E-state index in [0.717, 1.165) is 45.6 Å². The van der Waals surface area contributed by atoms with E-state index in [4.69, 9.17) is 4.42 Å². The lowest BCUT2D eigenvalue weighted by Gasteiger charge is -2.31. The zero-order chi connectivity index (χ0) is 39.6. The molecule has 11 rings (SSSR count). The number of benzene rings is 7. The number of nitrogens with zero attached hydrogens (tertiary/aromatic N) is 2. The Morgan fingerprint density at radius 2 is 0.655 bits per heavy atom. The van der Waals surface area contributed by atoms with Crippen LogP contribution in [0.25, 0.3) is 33.8 Å². The van der Waals surface area contributed by atoms with Crippen LogP contribution in [0.5, 0.6) is 0 Å². The van der Waals surface area contributed by atoms with Crippen LogP contribution in [0.2, 0.25) is 0 Å². The van der Waals surface area contributed by atoms with Gasteiger partial charge in [-0.05, 0) is 118 Å². The highest BCUT2D eigenvalue weighted by Crippen LogP contribution is 2.62. The van der Waals surface area contributed by atoms with Gasteiger partial charge >= 0.3 is 0 Å². The van der Waals surface area contributed by atoms with Gasteiger partial charge in [0.2, 0.25) is 0 Å². The van der Waals surface area contributed by atoms with Crippen molar-refractivity contribution in [1.82, 2.24) is 0 Å². The third-order valence-corrected chi connectivity index (χ3v) is 13.4. The third kappa shape index (κ3) is 4.80. The molecule has 3 aliphatic rings. The Labute approximate surface area is 341 Å². The Morgan fingerprint density at radius 1 is 0.310 bits per heavy atom. The summed E-state index contributed by atoms with van der Waals surface area (Å²) in [5.74, 6) is 2.02. The number of hydrogen-bond donors (Lipinski definition) is 0. The van der Waals surface area contributed by atoms with Gasteiger partial charge in [0.1, 0.15) is 11.5 Å². The summed E-state index contributed by atoms with van der Waals surface area (Å²) in [5.41, 5.74) is 19.2. The minimum absolute atomic E-state index is 0.0917. The molecule has 7 aromatic carbocycles. The minimum atomic E-state index is -0.288. The second-order valence-corrected chi connectivity index (χ2v) is 17.8. The van der Waals surface area contributed by atoms with Crippen molar-refractivity contribution in [1.29, 1.82) is 0 Å². The Hall–Kier alpha value is -6.58. The number of fused-ring (bicyclic) bond motifs is 10. The standard InChI is InChI=1S/C55H46N2O/c1-53(2)45-25-17-16-24-41(45)42-29-26-39(32-46(42)53)57(37-22-14-9-15-23-37)40-28-31-44-48(34-40)55(5,6)50-49-51(58-52(44)50)43-30-27-38(33-47(43)54(49,3)4)56(35-18-10-7-11-19-35)36-20-12-8-13-21-36/h7-34H,1-6H3. The monoisotopic (exact) mass is 750 g/mol. The summed E-state index contributed by atoms with van der Waals surface area (Å²) < 4.78 is 7.11. The molecular weight excluding hydrogens is 705 g/mol. The fraction of sp³-hybridized carbons (Fsp3) is 0.164. The van der Waals surface area contributed by atoms with E-state index in [-0.39, 0.29) is 16.2 Å². The number of anilines is 6. The van der Waals surface area contributed by atoms with Crippen molar-refractivity contribution >= 4 is 34.1 Å².